The lowest BCUT2D eigenvalue weighted by atomic mass is 10.2. The van der Waals surface area contributed by atoms with Gasteiger partial charge in [-0.05, 0) is 12.1 Å². The SMILES string of the molecule is CC(C)c1nc(N)cc(Sc2ccc([N+](=O)[O-])cc2)n1. The number of aromatic nitrogens is 2. The smallest absolute Gasteiger partial charge is 0.269 e. The van der Waals surface area contributed by atoms with Crippen molar-refractivity contribution in [2.75, 3.05) is 5.73 Å². The summed E-state index contributed by atoms with van der Waals surface area (Å²) in [4.78, 5) is 19.6. The molecule has 1 heterocycles. The maximum atomic E-state index is 10.6. The molecule has 104 valence electrons. The fraction of sp³-hybridized carbons (Fsp3) is 0.231. The van der Waals surface area contributed by atoms with Gasteiger partial charge in [0, 0.05) is 29.0 Å². The summed E-state index contributed by atoms with van der Waals surface area (Å²) in [5.74, 6) is 1.30. The van der Waals surface area contributed by atoms with Gasteiger partial charge in [0.1, 0.15) is 16.7 Å². The number of nitrogens with two attached hydrogens (primary N) is 1. The molecule has 2 aromatic rings. The Labute approximate surface area is 120 Å². The summed E-state index contributed by atoms with van der Waals surface area (Å²) in [6.45, 7) is 3.99. The molecular formula is C13H14N4O2S. The zero-order valence-corrected chi connectivity index (χ0v) is 11.9. The molecule has 0 aliphatic rings. The summed E-state index contributed by atoms with van der Waals surface area (Å²) in [5, 5.41) is 11.3. The van der Waals surface area contributed by atoms with Gasteiger partial charge in [-0.15, -0.1) is 0 Å². The van der Waals surface area contributed by atoms with Crippen LogP contribution in [0.1, 0.15) is 25.6 Å². The molecule has 0 atom stereocenters. The van der Waals surface area contributed by atoms with Crippen LogP contribution in [0.15, 0.2) is 40.3 Å². The van der Waals surface area contributed by atoms with E-state index in [0.29, 0.717) is 11.6 Å². The van der Waals surface area contributed by atoms with Gasteiger partial charge < -0.3 is 5.73 Å². The van der Waals surface area contributed by atoms with Crippen LogP contribution in [0, 0.1) is 10.1 Å². The molecule has 0 saturated carbocycles. The van der Waals surface area contributed by atoms with Gasteiger partial charge in [0.05, 0.1) is 4.92 Å². The lowest BCUT2D eigenvalue weighted by Crippen LogP contribution is -2.02. The fourth-order valence-corrected chi connectivity index (χ4v) is 2.36. The predicted molar refractivity (Wildman–Crippen MR) is 77.8 cm³/mol. The van der Waals surface area contributed by atoms with Crippen molar-refractivity contribution in [3.05, 3.63) is 46.3 Å². The van der Waals surface area contributed by atoms with Gasteiger partial charge in [0.15, 0.2) is 0 Å². The first-order valence-electron chi connectivity index (χ1n) is 6.02. The van der Waals surface area contributed by atoms with Crippen molar-refractivity contribution in [1.29, 1.82) is 0 Å². The lowest BCUT2D eigenvalue weighted by Gasteiger charge is -2.07. The van der Waals surface area contributed by atoms with Gasteiger partial charge in [-0.2, -0.15) is 0 Å². The number of nitro groups is 1. The number of non-ortho nitro benzene ring substituents is 1. The zero-order chi connectivity index (χ0) is 14.7. The molecule has 0 fully saturated rings. The summed E-state index contributed by atoms with van der Waals surface area (Å²) in [7, 11) is 0. The molecule has 0 aliphatic heterocycles. The number of rotatable bonds is 4. The minimum atomic E-state index is -0.423. The topological polar surface area (TPSA) is 94.9 Å². The van der Waals surface area contributed by atoms with E-state index in [1.807, 2.05) is 13.8 Å². The van der Waals surface area contributed by atoms with Crippen LogP contribution in [0.25, 0.3) is 0 Å². The van der Waals surface area contributed by atoms with E-state index in [4.69, 9.17) is 5.73 Å². The number of hydrogen-bond donors (Lipinski definition) is 1. The molecule has 0 saturated heterocycles. The first-order chi connectivity index (χ1) is 9.45. The average Bonchev–Trinajstić information content (AvgIpc) is 2.38. The van der Waals surface area contributed by atoms with Gasteiger partial charge >= 0.3 is 0 Å². The van der Waals surface area contributed by atoms with Crippen LogP contribution in [-0.2, 0) is 0 Å². The fourth-order valence-electron chi connectivity index (χ4n) is 1.53. The molecule has 0 amide bonds. The molecular weight excluding hydrogens is 276 g/mol. The Morgan fingerprint density at radius 1 is 1.25 bits per heavy atom. The number of nitrogens with zero attached hydrogens (tertiary/aromatic N) is 3. The number of benzene rings is 1. The Morgan fingerprint density at radius 3 is 2.45 bits per heavy atom. The Balaban J connectivity index is 2.23. The molecule has 0 aliphatic carbocycles. The number of nitrogen functional groups attached to an aromatic ring is 1. The second kappa shape index (κ2) is 5.87. The Bertz CT molecular complexity index is 629. The Morgan fingerprint density at radius 2 is 1.90 bits per heavy atom. The molecule has 0 radical (unpaired) electrons. The molecule has 2 rings (SSSR count). The first-order valence-corrected chi connectivity index (χ1v) is 6.84. The van der Waals surface area contributed by atoms with Crippen LogP contribution in [-0.4, -0.2) is 14.9 Å². The molecule has 20 heavy (non-hydrogen) atoms. The van der Waals surface area contributed by atoms with E-state index in [9.17, 15) is 10.1 Å². The quantitative estimate of drug-likeness (QED) is 0.527. The van der Waals surface area contributed by atoms with Gasteiger partial charge in [0.25, 0.3) is 5.69 Å². The minimum Gasteiger partial charge on any atom is -0.384 e. The van der Waals surface area contributed by atoms with E-state index in [0.717, 1.165) is 9.92 Å². The third-order valence-electron chi connectivity index (χ3n) is 2.53. The third-order valence-corrected chi connectivity index (χ3v) is 3.45. The second-order valence-corrected chi connectivity index (χ2v) is 5.59. The summed E-state index contributed by atoms with van der Waals surface area (Å²) in [6, 6.07) is 8.01. The van der Waals surface area contributed by atoms with Crippen LogP contribution in [0.3, 0.4) is 0 Å². The van der Waals surface area contributed by atoms with Crippen LogP contribution in [0.4, 0.5) is 11.5 Å². The highest BCUT2D eigenvalue weighted by Crippen LogP contribution is 2.29. The second-order valence-electron chi connectivity index (χ2n) is 4.50. The number of anilines is 1. The predicted octanol–water partition coefficient (Wildman–Crippen LogP) is 3.24. The molecule has 0 unspecified atom stereocenters. The summed E-state index contributed by atoms with van der Waals surface area (Å²) >= 11 is 1.40. The van der Waals surface area contributed by atoms with Crippen LogP contribution in [0.5, 0.6) is 0 Å². The van der Waals surface area contributed by atoms with Crippen molar-refractivity contribution in [1.82, 2.24) is 9.97 Å². The first kappa shape index (κ1) is 14.3. The van der Waals surface area contributed by atoms with E-state index in [1.165, 1.54) is 23.9 Å². The average molecular weight is 290 g/mol. The van der Waals surface area contributed by atoms with E-state index in [1.54, 1.807) is 18.2 Å². The monoisotopic (exact) mass is 290 g/mol. The highest BCUT2D eigenvalue weighted by atomic mass is 32.2. The highest BCUT2D eigenvalue weighted by molar-refractivity contribution is 7.99. The Hall–Kier alpha value is -2.15. The molecule has 6 nitrogen and oxygen atoms in total. The molecule has 1 aromatic carbocycles. The van der Waals surface area contributed by atoms with Gasteiger partial charge in [-0.25, -0.2) is 9.97 Å². The Kier molecular flexibility index (Phi) is 4.19. The normalized spacial score (nSPS) is 10.8. The van der Waals surface area contributed by atoms with E-state index >= 15 is 0 Å². The third kappa shape index (κ3) is 3.45. The lowest BCUT2D eigenvalue weighted by molar-refractivity contribution is -0.384. The van der Waals surface area contributed by atoms with Crippen molar-refractivity contribution >= 4 is 23.3 Å². The van der Waals surface area contributed by atoms with Crippen LogP contribution >= 0.6 is 11.8 Å². The van der Waals surface area contributed by atoms with Crippen molar-refractivity contribution in [2.24, 2.45) is 0 Å². The number of hydrogen-bond acceptors (Lipinski definition) is 6. The molecule has 1 aromatic heterocycles. The molecule has 0 bridgehead atoms. The van der Waals surface area contributed by atoms with E-state index < -0.39 is 4.92 Å². The minimum absolute atomic E-state index is 0.0689. The van der Waals surface area contributed by atoms with Crippen molar-refractivity contribution in [2.45, 2.75) is 29.7 Å². The van der Waals surface area contributed by atoms with Crippen LogP contribution < -0.4 is 5.73 Å². The van der Waals surface area contributed by atoms with Crippen molar-refractivity contribution < 1.29 is 4.92 Å². The van der Waals surface area contributed by atoms with Crippen LogP contribution in [0.2, 0.25) is 0 Å². The summed E-state index contributed by atoms with van der Waals surface area (Å²) in [5.41, 5.74) is 5.83. The van der Waals surface area contributed by atoms with Crippen molar-refractivity contribution in [3.8, 4) is 0 Å². The van der Waals surface area contributed by atoms with Gasteiger partial charge in [-0.1, -0.05) is 25.6 Å². The maximum absolute atomic E-state index is 10.6. The summed E-state index contributed by atoms with van der Waals surface area (Å²) < 4.78 is 0. The molecule has 0 spiro atoms. The summed E-state index contributed by atoms with van der Waals surface area (Å²) in [6.07, 6.45) is 0. The van der Waals surface area contributed by atoms with E-state index in [-0.39, 0.29) is 11.6 Å². The highest BCUT2D eigenvalue weighted by Gasteiger charge is 2.09. The molecule has 2 N–H and O–H groups in total. The van der Waals surface area contributed by atoms with Gasteiger partial charge in [0.2, 0.25) is 0 Å². The van der Waals surface area contributed by atoms with Crippen molar-refractivity contribution in [3.63, 3.8) is 0 Å². The van der Waals surface area contributed by atoms with E-state index in [2.05, 4.69) is 9.97 Å². The zero-order valence-electron chi connectivity index (χ0n) is 11.1. The maximum Gasteiger partial charge on any atom is 0.269 e. The number of nitro benzene ring substituents is 1. The van der Waals surface area contributed by atoms with Gasteiger partial charge in [-0.3, -0.25) is 10.1 Å². The molecule has 7 heteroatoms. The standard InChI is InChI=1S/C13H14N4O2S/c1-8(2)13-15-11(14)7-12(16-13)20-10-5-3-9(4-6-10)17(18)19/h3-8H,1-2H3,(H2,14,15,16). The largest absolute Gasteiger partial charge is 0.384 e.